The van der Waals surface area contributed by atoms with E-state index >= 15 is 0 Å². The average Bonchev–Trinajstić information content (AvgIpc) is 2.49. The summed E-state index contributed by atoms with van der Waals surface area (Å²) in [6.45, 7) is 10.8. The van der Waals surface area contributed by atoms with E-state index in [9.17, 15) is 4.79 Å². The second kappa shape index (κ2) is 7.96. The van der Waals surface area contributed by atoms with Crippen molar-refractivity contribution in [2.45, 2.75) is 19.5 Å². The fourth-order valence-electron chi connectivity index (χ4n) is 2.72. The van der Waals surface area contributed by atoms with Crippen molar-refractivity contribution in [3.05, 3.63) is 48.6 Å². The predicted molar refractivity (Wildman–Crippen MR) is 86.0 cm³/mol. The Bertz CT molecular complexity index is 460. The van der Waals surface area contributed by atoms with Crippen LogP contribution >= 0.6 is 0 Å². The molecule has 1 amide bonds. The van der Waals surface area contributed by atoms with Crippen molar-refractivity contribution in [2.75, 3.05) is 32.7 Å². The molecule has 0 spiro atoms. The van der Waals surface area contributed by atoms with Gasteiger partial charge in [-0.1, -0.05) is 36.4 Å². The molecule has 0 saturated carbocycles. The van der Waals surface area contributed by atoms with Gasteiger partial charge in [-0.2, -0.15) is 0 Å². The van der Waals surface area contributed by atoms with Gasteiger partial charge in [0, 0.05) is 38.8 Å². The summed E-state index contributed by atoms with van der Waals surface area (Å²) in [5.41, 5.74) is 1.35. The molecule has 1 aliphatic rings. The van der Waals surface area contributed by atoms with Crippen LogP contribution in [-0.2, 0) is 11.3 Å². The molecule has 114 valence electrons. The zero-order valence-corrected chi connectivity index (χ0v) is 12.8. The maximum Gasteiger partial charge on any atom is 0.234 e. The molecule has 1 atom stereocenters. The molecule has 4 nitrogen and oxygen atoms in total. The highest BCUT2D eigenvalue weighted by molar-refractivity contribution is 5.78. The molecular formula is C17H25N3O. The van der Waals surface area contributed by atoms with Crippen LogP contribution in [0.4, 0.5) is 0 Å². The third-order valence-electron chi connectivity index (χ3n) is 3.89. The SMILES string of the molecule is C=CCNC(=O)CN1CCN(Cc2ccccc2)C[C@H]1C. The van der Waals surface area contributed by atoms with Crippen molar-refractivity contribution in [3.8, 4) is 0 Å². The number of benzene rings is 1. The second-order valence-corrected chi connectivity index (χ2v) is 5.63. The average molecular weight is 287 g/mol. The summed E-state index contributed by atoms with van der Waals surface area (Å²) in [4.78, 5) is 16.5. The van der Waals surface area contributed by atoms with Gasteiger partial charge in [-0.15, -0.1) is 6.58 Å². The van der Waals surface area contributed by atoms with Crippen molar-refractivity contribution < 1.29 is 4.79 Å². The number of nitrogens with one attached hydrogen (secondary N) is 1. The lowest BCUT2D eigenvalue weighted by Gasteiger charge is -2.39. The Balaban J connectivity index is 1.79. The maximum absolute atomic E-state index is 11.8. The van der Waals surface area contributed by atoms with E-state index in [0.717, 1.165) is 26.2 Å². The fourth-order valence-corrected chi connectivity index (χ4v) is 2.72. The lowest BCUT2D eigenvalue weighted by molar-refractivity contribution is -0.123. The van der Waals surface area contributed by atoms with Crippen LogP contribution in [0.3, 0.4) is 0 Å². The molecular weight excluding hydrogens is 262 g/mol. The van der Waals surface area contributed by atoms with Crippen LogP contribution in [0, 0.1) is 0 Å². The van der Waals surface area contributed by atoms with Crippen molar-refractivity contribution in [3.63, 3.8) is 0 Å². The molecule has 0 unspecified atom stereocenters. The van der Waals surface area contributed by atoms with Crippen LogP contribution in [0.5, 0.6) is 0 Å². The van der Waals surface area contributed by atoms with E-state index in [2.05, 4.69) is 52.9 Å². The smallest absolute Gasteiger partial charge is 0.234 e. The number of piperazine rings is 1. The largest absolute Gasteiger partial charge is 0.352 e. The van der Waals surface area contributed by atoms with Gasteiger partial charge in [0.1, 0.15) is 0 Å². The van der Waals surface area contributed by atoms with Crippen molar-refractivity contribution in [1.82, 2.24) is 15.1 Å². The minimum Gasteiger partial charge on any atom is -0.352 e. The van der Waals surface area contributed by atoms with Crippen LogP contribution in [0.25, 0.3) is 0 Å². The van der Waals surface area contributed by atoms with E-state index in [1.165, 1.54) is 5.56 Å². The van der Waals surface area contributed by atoms with Crippen molar-refractivity contribution in [1.29, 1.82) is 0 Å². The lowest BCUT2D eigenvalue weighted by atomic mass is 10.1. The molecule has 1 aromatic carbocycles. The summed E-state index contributed by atoms with van der Waals surface area (Å²) < 4.78 is 0. The number of carbonyl (C=O) groups excluding carboxylic acids is 1. The molecule has 0 radical (unpaired) electrons. The van der Waals surface area contributed by atoms with E-state index in [0.29, 0.717) is 19.1 Å². The summed E-state index contributed by atoms with van der Waals surface area (Å²) in [6.07, 6.45) is 1.71. The molecule has 1 heterocycles. The lowest BCUT2D eigenvalue weighted by Crippen LogP contribution is -2.53. The first kappa shape index (κ1) is 15.7. The minimum absolute atomic E-state index is 0.0817. The Kier molecular flexibility index (Phi) is 5.96. The van der Waals surface area contributed by atoms with Gasteiger partial charge >= 0.3 is 0 Å². The summed E-state index contributed by atoms with van der Waals surface area (Å²) in [5.74, 6) is 0.0817. The highest BCUT2D eigenvalue weighted by Crippen LogP contribution is 2.12. The van der Waals surface area contributed by atoms with Crippen LogP contribution in [-0.4, -0.2) is 54.5 Å². The standard InChI is InChI=1S/C17H25N3O/c1-3-9-18-17(21)14-20-11-10-19(12-15(20)2)13-16-7-5-4-6-8-16/h3-8,15H,1,9-14H2,2H3,(H,18,21)/t15-/m1/s1. The Hall–Kier alpha value is -1.65. The van der Waals surface area contributed by atoms with E-state index in [-0.39, 0.29) is 5.91 Å². The van der Waals surface area contributed by atoms with Crippen molar-refractivity contribution >= 4 is 5.91 Å². The zero-order chi connectivity index (χ0) is 15.1. The number of amides is 1. The van der Waals surface area contributed by atoms with Gasteiger partial charge in [-0.3, -0.25) is 14.6 Å². The first-order valence-electron chi connectivity index (χ1n) is 7.57. The Morgan fingerprint density at radius 3 is 2.81 bits per heavy atom. The van der Waals surface area contributed by atoms with Crippen LogP contribution in [0.15, 0.2) is 43.0 Å². The molecule has 1 aromatic rings. The van der Waals surface area contributed by atoms with Crippen LogP contribution in [0.1, 0.15) is 12.5 Å². The monoisotopic (exact) mass is 287 g/mol. The first-order chi connectivity index (χ1) is 10.2. The summed E-state index contributed by atoms with van der Waals surface area (Å²) in [5, 5.41) is 2.84. The number of rotatable bonds is 6. The quantitative estimate of drug-likeness (QED) is 0.805. The third-order valence-corrected chi connectivity index (χ3v) is 3.89. The molecule has 2 rings (SSSR count). The number of hydrogen-bond acceptors (Lipinski definition) is 3. The molecule has 1 saturated heterocycles. The van der Waals surface area contributed by atoms with Gasteiger partial charge in [-0.05, 0) is 12.5 Å². The molecule has 1 N–H and O–H groups in total. The van der Waals surface area contributed by atoms with E-state index in [4.69, 9.17) is 0 Å². The molecule has 0 bridgehead atoms. The maximum atomic E-state index is 11.8. The summed E-state index contributed by atoms with van der Waals surface area (Å²) in [6, 6.07) is 10.9. The summed E-state index contributed by atoms with van der Waals surface area (Å²) in [7, 11) is 0. The highest BCUT2D eigenvalue weighted by atomic mass is 16.2. The minimum atomic E-state index is 0.0817. The highest BCUT2D eigenvalue weighted by Gasteiger charge is 2.24. The molecule has 1 fully saturated rings. The topological polar surface area (TPSA) is 35.6 Å². The van der Waals surface area contributed by atoms with E-state index < -0.39 is 0 Å². The molecule has 21 heavy (non-hydrogen) atoms. The third kappa shape index (κ3) is 4.99. The van der Waals surface area contributed by atoms with Gasteiger partial charge in [0.25, 0.3) is 0 Å². The first-order valence-corrected chi connectivity index (χ1v) is 7.57. The van der Waals surface area contributed by atoms with Gasteiger partial charge in [0.2, 0.25) is 5.91 Å². The number of hydrogen-bond donors (Lipinski definition) is 1. The van der Waals surface area contributed by atoms with E-state index in [1.54, 1.807) is 6.08 Å². The Labute approximate surface area is 127 Å². The molecule has 0 aliphatic carbocycles. The normalized spacial score (nSPS) is 20.1. The van der Waals surface area contributed by atoms with Gasteiger partial charge in [0.05, 0.1) is 6.54 Å². The number of carbonyl (C=O) groups is 1. The molecule has 1 aliphatic heterocycles. The number of nitrogens with zero attached hydrogens (tertiary/aromatic N) is 2. The zero-order valence-electron chi connectivity index (χ0n) is 12.8. The van der Waals surface area contributed by atoms with Crippen LogP contribution in [0.2, 0.25) is 0 Å². The van der Waals surface area contributed by atoms with Gasteiger partial charge < -0.3 is 5.32 Å². The van der Waals surface area contributed by atoms with Crippen LogP contribution < -0.4 is 5.32 Å². The van der Waals surface area contributed by atoms with Gasteiger partial charge in [-0.25, -0.2) is 0 Å². The Morgan fingerprint density at radius 2 is 2.14 bits per heavy atom. The molecule has 0 aromatic heterocycles. The fraction of sp³-hybridized carbons (Fsp3) is 0.471. The van der Waals surface area contributed by atoms with E-state index in [1.807, 2.05) is 6.07 Å². The predicted octanol–water partition coefficient (Wildman–Crippen LogP) is 1.49. The summed E-state index contributed by atoms with van der Waals surface area (Å²) >= 11 is 0. The van der Waals surface area contributed by atoms with Gasteiger partial charge in [0.15, 0.2) is 0 Å². The Morgan fingerprint density at radius 1 is 1.38 bits per heavy atom. The second-order valence-electron chi connectivity index (χ2n) is 5.63. The van der Waals surface area contributed by atoms with Crippen molar-refractivity contribution in [2.24, 2.45) is 0 Å². The molecule has 4 heteroatoms.